The number of aromatic amines is 1. The zero-order chi connectivity index (χ0) is 19.3. The van der Waals surface area contributed by atoms with Crippen LogP contribution >= 0.6 is 0 Å². The summed E-state index contributed by atoms with van der Waals surface area (Å²) in [5, 5.41) is 13.2. The number of H-pyrrole nitrogens is 1. The number of piperidine rings is 1. The molecule has 1 amide bonds. The number of benzene rings is 1. The monoisotopic (exact) mass is 378 g/mol. The predicted molar refractivity (Wildman–Crippen MR) is 105 cm³/mol. The van der Waals surface area contributed by atoms with Crippen molar-refractivity contribution in [2.45, 2.75) is 25.3 Å². The van der Waals surface area contributed by atoms with Gasteiger partial charge in [0, 0.05) is 36.1 Å². The molecule has 144 valence electrons. The average molecular weight is 378 g/mol. The molecule has 4 rings (SSSR count). The topological polar surface area (TPSA) is 105 Å². The Morgan fingerprint density at radius 2 is 2.25 bits per heavy atom. The Bertz CT molecular complexity index is 1020. The smallest absolute Gasteiger partial charge is 0.321 e. The second kappa shape index (κ2) is 8.18. The first-order chi connectivity index (χ1) is 13.7. The van der Waals surface area contributed by atoms with Gasteiger partial charge in [-0.2, -0.15) is 5.10 Å². The van der Waals surface area contributed by atoms with E-state index < -0.39 is 0 Å². The Labute approximate surface area is 162 Å². The van der Waals surface area contributed by atoms with Gasteiger partial charge in [0.05, 0.1) is 12.7 Å². The van der Waals surface area contributed by atoms with E-state index in [1.54, 1.807) is 18.5 Å². The molecule has 0 radical (unpaired) electrons. The van der Waals surface area contributed by atoms with Crippen molar-refractivity contribution in [1.82, 2.24) is 25.1 Å². The van der Waals surface area contributed by atoms with Crippen LogP contribution in [0.1, 0.15) is 40.4 Å². The van der Waals surface area contributed by atoms with Gasteiger partial charge in [0.25, 0.3) is 5.91 Å². The van der Waals surface area contributed by atoms with Crippen LogP contribution in [0, 0.1) is 0 Å². The molecule has 0 aliphatic carbocycles. The lowest BCUT2D eigenvalue weighted by Crippen LogP contribution is -2.29. The molecule has 3 aromatic rings. The first-order valence-electron chi connectivity index (χ1n) is 9.36. The third-order valence-electron chi connectivity index (χ3n) is 4.95. The molecular weight excluding hydrogens is 356 g/mol. The molecule has 0 saturated carbocycles. The molecular formula is C20H22N6O2. The lowest BCUT2D eigenvalue weighted by atomic mass is 9.92. The molecule has 1 saturated heterocycles. The Morgan fingerprint density at radius 1 is 1.32 bits per heavy atom. The average Bonchev–Trinajstić information content (AvgIpc) is 3.21. The van der Waals surface area contributed by atoms with Gasteiger partial charge < -0.3 is 10.6 Å². The molecule has 0 bridgehead atoms. The highest BCUT2D eigenvalue weighted by molar-refractivity contribution is 6.04. The predicted octanol–water partition coefficient (Wildman–Crippen LogP) is 1.73. The second-order valence-corrected chi connectivity index (χ2v) is 6.93. The van der Waals surface area contributed by atoms with E-state index in [2.05, 4.69) is 25.8 Å². The van der Waals surface area contributed by atoms with Crippen molar-refractivity contribution in [1.29, 1.82) is 0 Å². The van der Waals surface area contributed by atoms with Crippen LogP contribution in [0.2, 0.25) is 0 Å². The number of hydrogen-bond acceptors (Lipinski definition) is 5. The van der Waals surface area contributed by atoms with E-state index in [4.69, 9.17) is 0 Å². The van der Waals surface area contributed by atoms with Gasteiger partial charge in [0.2, 0.25) is 0 Å². The number of hydrogen-bond donors (Lipinski definition) is 3. The summed E-state index contributed by atoms with van der Waals surface area (Å²) in [4.78, 5) is 28.3. The third kappa shape index (κ3) is 4.01. The largest absolute Gasteiger partial charge is 0.347 e. The van der Waals surface area contributed by atoms with Crippen molar-refractivity contribution in [3.05, 3.63) is 76.2 Å². The molecule has 0 spiro atoms. The van der Waals surface area contributed by atoms with Crippen molar-refractivity contribution < 1.29 is 4.79 Å². The molecule has 1 aromatic carbocycles. The van der Waals surface area contributed by atoms with E-state index in [0.29, 0.717) is 17.9 Å². The van der Waals surface area contributed by atoms with Crippen LogP contribution in [0.25, 0.3) is 0 Å². The summed E-state index contributed by atoms with van der Waals surface area (Å²) < 4.78 is 1.52. The first kappa shape index (κ1) is 18.1. The summed E-state index contributed by atoms with van der Waals surface area (Å²) in [7, 11) is 0. The number of aromatic nitrogens is 4. The molecule has 3 heterocycles. The number of nitrogens with zero attached hydrogens (tertiary/aromatic N) is 3. The summed E-state index contributed by atoms with van der Waals surface area (Å²) >= 11 is 0. The molecule has 1 atom stereocenters. The van der Waals surface area contributed by atoms with Crippen LogP contribution in [0.5, 0.6) is 0 Å². The first-order valence-corrected chi connectivity index (χ1v) is 9.36. The molecule has 8 nitrogen and oxygen atoms in total. The Morgan fingerprint density at radius 3 is 3.07 bits per heavy atom. The summed E-state index contributed by atoms with van der Waals surface area (Å²) in [6, 6.07) is 9.16. The van der Waals surface area contributed by atoms with E-state index >= 15 is 0 Å². The molecule has 8 heteroatoms. The van der Waals surface area contributed by atoms with Gasteiger partial charge in [-0.1, -0.05) is 12.1 Å². The normalized spacial score (nSPS) is 16.6. The number of anilines is 1. The molecule has 1 unspecified atom stereocenters. The van der Waals surface area contributed by atoms with Crippen molar-refractivity contribution in [2.24, 2.45) is 0 Å². The number of amides is 1. The van der Waals surface area contributed by atoms with Gasteiger partial charge in [-0.25, -0.2) is 9.78 Å². The maximum atomic E-state index is 12.8. The summed E-state index contributed by atoms with van der Waals surface area (Å²) in [6.07, 6.45) is 7.04. The van der Waals surface area contributed by atoms with E-state index in [-0.39, 0.29) is 17.5 Å². The van der Waals surface area contributed by atoms with Crippen LogP contribution in [0.3, 0.4) is 0 Å². The van der Waals surface area contributed by atoms with E-state index in [1.165, 1.54) is 10.8 Å². The van der Waals surface area contributed by atoms with Crippen molar-refractivity contribution >= 4 is 11.6 Å². The fraction of sp³-hybridized carbons (Fsp3) is 0.300. The Hall–Kier alpha value is -3.26. The van der Waals surface area contributed by atoms with Crippen molar-refractivity contribution in [2.75, 3.05) is 18.4 Å². The van der Waals surface area contributed by atoms with E-state index in [1.807, 2.05) is 24.3 Å². The molecule has 3 N–H and O–H groups in total. The Kier molecular flexibility index (Phi) is 5.29. The third-order valence-corrected chi connectivity index (χ3v) is 4.95. The summed E-state index contributed by atoms with van der Waals surface area (Å²) in [5.74, 6) is 0.0748. The zero-order valence-electron chi connectivity index (χ0n) is 15.4. The minimum Gasteiger partial charge on any atom is -0.321 e. The van der Waals surface area contributed by atoms with Crippen molar-refractivity contribution in [3.8, 4) is 0 Å². The van der Waals surface area contributed by atoms with Gasteiger partial charge >= 0.3 is 5.69 Å². The number of nitrogens with one attached hydrogen (secondary N) is 3. The van der Waals surface area contributed by atoms with Crippen molar-refractivity contribution in [3.63, 3.8) is 0 Å². The van der Waals surface area contributed by atoms with Crippen LogP contribution in [-0.4, -0.2) is 38.7 Å². The summed E-state index contributed by atoms with van der Waals surface area (Å²) in [6.45, 7) is 2.26. The van der Waals surface area contributed by atoms with Crippen LogP contribution in [-0.2, 0) is 6.54 Å². The highest BCUT2D eigenvalue weighted by atomic mass is 16.2. The molecule has 2 aromatic heterocycles. The second-order valence-electron chi connectivity index (χ2n) is 6.93. The molecule has 1 aliphatic heterocycles. The van der Waals surface area contributed by atoms with Gasteiger partial charge in [0.1, 0.15) is 5.69 Å². The minimum absolute atomic E-state index is 0.214. The maximum absolute atomic E-state index is 12.8. The van der Waals surface area contributed by atoms with Gasteiger partial charge in [-0.3, -0.25) is 14.5 Å². The van der Waals surface area contributed by atoms with Gasteiger partial charge in [-0.05, 0) is 43.1 Å². The van der Waals surface area contributed by atoms with Crippen LogP contribution in [0.15, 0.2) is 53.7 Å². The fourth-order valence-electron chi connectivity index (χ4n) is 3.55. The molecule has 1 aliphatic rings. The van der Waals surface area contributed by atoms with Crippen LogP contribution < -0.4 is 16.3 Å². The number of carbonyl (C=O) groups is 1. The molecule has 1 fully saturated rings. The van der Waals surface area contributed by atoms with Crippen LogP contribution in [0.4, 0.5) is 5.69 Å². The lowest BCUT2D eigenvalue weighted by molar-refractivity contribution is 0.102. The van der Waals surface area contributed by atoms with Gasteiger partial charge in [-0.15, -0.1) is 0 Å². The maximum Gasteiger partial charge on any atom is 0.347 e. The fourth-order valence-corrected chi connectivity index (χ4v) is 3.55. The quantitative estimate of drug-likeness (QED) is 0.627. The Balaban J connectivity index is 1.49. The SMILES string of the molecule is O=C(Nc1cccc(Cn2cccnc2=O)c1)c1[nH]ncc1C1CCCNC1. The standard InChI is InChI=1S/C20H22N6O2/c27-19(18-17(12-23-25-18)15-5-2-7-21-11-15)24-16-6-1-4-14(10-16)13-26-9-3-8-22-20(26)28/h1,3-4,6,8-10,12,15,21H,2,5,7,11,13H2,(H,23,25)(H,24,27). The number of rotatable bonds is 5. The molecule has 28 heavy (non-hydrogen) atoms. The van der Waals surface area contributed by atoms with E-state index in [0.717, 1.165) is 37.1 Å². The zero-order valence-corrected chi connectivity index (χ0v) is 15.4. The number of carbonyl (C=O) groups excluding carboxylic acids is 1. The van der Waals surface area contributed by atoms with E-state index in [9.17, 15) is 9.59 Å². The lowest BCUT2D eigenvalue weighted by Gasteiger charge is -2.22. The van der Waals surface area contributed by atoms with Gasteiger partial charge in [0.15, 0.2) is 0 Å². The highest BCUT2D eigenvalue weighted by Gasteiger charge is 2.23. The minimum atomic E-state index is -0.305. The summed E-state index contributed by atoms with van der Waals surface area (Å²) in [5.41, 5.74) is 2.71. The highest BCUT2D eigenvalue weighted by Crippen LogP contribution is 2.25.